The quantitative estimate of drug-likeness (QED) is 0.711. The Labute approximate surface area is 167 Å². The predicted molar refractivity (Wildman–Crippen MR) is 106 cm³/mol. The molecule has 0 radical (unpaired) electrons. The first-order chi connectivity index (χ1) is 14.1. The summed E-state index contributed by atoms with van der Waals surface area (Å²) in [7, 11) is 0. The summed E-state index contributed by atoms with van der Waals surface area (Å²) >= 11 is 0. The largest absolute Gasteiger partial charge is 0.494 e. The van der Waals surface area contributed by atoms with Crippen LogP contribution in [0.4, 0.5) is 0 Å². The van der Waals surface area contributed by atoms with Gasteiger partial charge >= 0.3 is 0 Å². The van der Waals surface area contributed by atoms with E-state index in [9.17, 15) is 9.59 Å². The van der Waals surface area contributed by atoms with Crippen molar-refractivity contribution in [1.82, 2.24) is 24.8 Å². The molecule has 0 unspecified atom stereocenters. The van der Waals surface area contributed by atoms with Crippen molar-refractivity contribution in [2.45, 2.75) is 26.3 Å². The van der Waals surface area contributed by atoms with Crippen LogP contribution in [-0.4, -0.2) is 43.9 Å². The van der Waals surface area contributed by atoms with E-state index >= 15 is 0 Å². The van der Waals surface area contributed by atoms with E-state index in [1.165, 1.54) is 0 Å². The number of ether oxygens (including phenoxy) is 1. The van der Waals surface area contributed by atoms with E-state index in [1.54, 1.807) is 23.5 Å². The number of nitrogens with one attached hydrogen (secondary N) is 1. The van der Waals surface area contributed by atoms with Gasteiger partial charge in [-0.1, -0.05) is 12.1 Å². The van der Waals surface area contributed by atoms with Crippen LogP contribution in [0.25, 0.3) is 11.5 Å². The summed E-state index contributed by atoms with van der Waals surface area (Å²) < 4.78 is 5.43. The van der Waals surface area contributed by atoms with Gasteiger partial charge in [0.05, 0.1) is 37.0 Å². The van der Waals surface area contributed by atoms with Gasteiger partial charge in [0.1, 0.15) is 11.4 Å². The average Bonchev–Trinajstić information content (AvgIpc) is 2.75. The highest BCUT2D eigenvalue weighted by Gasteiger charge is 2.25. The van der Waals surface area contributed by atoms with Gasteiger partial charge in [-0.15, -0.1) is 0 Å². The fraction of sp³-hybridized carbons (Fsp3) is 0.286. The summed E-state index contributed by atoms with van der Waals surface area (Å²) in [5.41, 5.74) is 2.42. The Morgan fingerprint density at radius 2 is 2.07 bits per heavy atom. The number of benzene rings is 1. The van der Waals surface area contributed by atoms with Crippen LogP contribution in [0, 0.1) is 0 Å². The van der Waals surface area contributed by atoms with Crippen molar-refractivity contribution in [2.75, 3.05) is 13.2 Å². The molecule has 0 saturated carbocycles. The van der Waals surface area contributed by atoms with E-state index in [0.717, 1.165) is 11.3 Å². The van der Waals surface area contributed by atoms with Crippen molar-refractivity contribution in [3.05, 3.63) is 70.0 Å². The highest BCUT2D eigenvalue weighted by molar-refractivity contribution is 5.79. The fourth-order valence-electron chi connectivity index (χ4n) is 3.34. The summed E-state index contributed by atoms with van der Waals surface area (Å²) in [6, 6.07) is 7.51. The van der Waals surface area contributed by atoms with Gasteiger partial charge in [-0.05, 0) is 24.6 Å². The molecule has 1 aromatic carbocycles. The Balaban J connectivity index is 1.48. The number of carbonyl (C=O) groups is 1. The third-order valence-corrected chi connectivity index (χ3v) is 4.82. The van der Waals surface area contributed by atoms with Crippen LogP contribution in [0.15, 0.2) is 47.7 Å². The third-order valence-electron chi connectivity index (χ3n) is 4.82. The lowest BCUT2D eigenvalue weighted by Crippen LogP contribution is -2.40. The van der Waals surface area contributed by atoms with Crippen molar-refractivity contribution < 1.29 is 9.53 Å². The van der Waals surface area contributed by atoms with Gasteiger partial charge < -0.3 is 14.6 Å². The zero-order valence-electron chi connectivity index (χ0n) is 16.1. The summed E-state index contributed by atoms with van der Waals surface area (Å²) in [5.74, 6) is 1.17. The maximum atomic E-state index is 12.7. The lowest BCUT2D eigenvalue weighted by molar-refractivity contribution is -0.131. The van der Waals surface area contributed by atoms with Crippen molar-refractivity contribution in [3.8, 4) is 17.3 Å². The van der Waals surface area contributed by atoms with Crippen LogP contribution in [0.5, 0.6) is 5.75 Å². The van der Waals surface area contributed by atoms with Crippen LogP contribution >= 0.6 is 0 Å². The summed E-state index contributed by atoms with van der Waals surface area (Å²) in [6.07, 6.45) is 5.48. The molecule has 1 aliphatic rings. The molecule has 0 atom stereocenters. The van der Waals surface area contributed by atoms with Gasteiger partial charge in [0, 0.05) is 25.4 Å². The van der Waals surface area contributed by atoms with Gasteiger partial charge in [0.15, 0.2) is 5.82 Å². The summed E-state index contributed by atoms with van der Waals surface area (Å²) in [4.78, 5) is 42.5. The normalized spacial score (nSPS) is 13.1. The van der Waals surface area contributed by atoms with Gasteiger partial charge in [-0.25, -0.2) is 9.97 Å². The van der Waals surface area contributed by atoms with Crippen molar-refractivity contribution in [2.24, 2.45) is 0 Å². The topological polar surface area (TPSA) is 101 Å². The SMILES string of the molecule is CCOc1ccc(CC(=O)N2CCc3nc(-c4cnccn4)[nH]c(=O)c3C2)cc1. The van der Waals surface area contributed by atoms with Gasteiger partial charge in [0.2, 0.25) is 5.91 Å². The Bertz CT molecular complexity index is 1060. The minimum Gasteiger partial charge on any atom is -0.494 e. The van der Waals surface area contributed by atoms with E-state index < -0.39 is 0 Å². The summed E-state index contributed by atoms with van der Waals surface area (Å²) in [5, 5.41) is 0. The standard InChI is InChI=1S/C21H21N5O3/c1-2-29-15-5-3-14(4-6-15)11-19(27)26-10-7-17-16(13-26)21(28)25-20(24-17)18-12-22-8-9-23-18/h3-6,8-9,12H,2,7,10-11,13H2,1H3,(H,24,25,28). The van der Waals surface area contributed by atoms with Gasteiger partial charge in [0.25, 0.3) is 5.56 Å². The molecule has 1 amide bonds. The first-order valence-corrected chi connectivity index (χ1v) is 9.52. The highest BCUT2D eigenvalue weighted by atomic mass is 16.5. The Morgan fingerprint density at radius 3 is 2.79 bits per heavy atom. The number of aromatic amines is 1. The Kier molecular flexibility index (Phi) is 5.33. The van der Waals surface area contributed by atoms with Crippen LogP contribution in [-0.2, 0) is 24.2 Å². The molecule has 2 aromatic heterocycles. The fourth-order valence-corrected chi connectivity index (χ4v) is 3.34. The van der Waals surface area contributed by atoms with E-state index in [4.69, 9.17) is 4.74 Å². The van der Waals surface area contributed by atoms with E-state index in [1.807, 2.05) is 31.2 Å². The van der Waals surface area contributed by atoms with E-state index in [0.29, 0.717) is 42.3 Å². The lowest BCUT2D eigenvalue weighted by atomic mass is 10.0. The van der Waals surface area contributed by atoms with E-state index in [2.05, 4.69) is 19.9 Å². The molecule has 0 fully saturated rings. The second kappa shape index (κ2) is 8.22. The first kappa shape index (κ1) is 18.8. The molecule has 8 nitrogen and oxygen atoms in total. The average molecular weight is 391 g/mol. The molecule has 1 N–H and O–H groups in total. The molecule has 8 heteroatoms. The van der Waals surface area contributed by atoms with E-state index in [-0.39, 0.29) is 24.4 Å². The molecule has 0 spiro atoms. The number of carbonyl (C=O) groups excluding carboxylic acids is 1. The number of fused-ring (bicyclic) bond motifs is 1. The van der Waals surface area contributed by atoms with Crippen molar-refractivity contribution in [3.63, 3.8) is 0 Å². The number of H-pyrrole nitrogens is 1. The van der Waals surface area contributed by atoms with Crippen LogP contribution < -0.4 is 10.3 Å². The molecule has 0 aliphatic carbocycles. The zero-order chi connectivity index (χ0) is 20.2. The Morgan fingerprint density at radius 1 is 1.24 bits per heavy atom. The Hall–Kier alpha value is -3.55. The number of amides is 1. The van der Waals surface area contributed by atoms with Crippen LogP contribution in [0.3, 0.4) is 0 Å². The van der Waals surface area contributed by atoms with Gasteiger partial charge in [-0.3, -0.25) is 14.6 Å². The minimum absolute atomic E-state index is 0.0165. The molecule has 148 valence electrons. The van der Waals surface area contributed by atoms with Crippen LogP contribution in [0.2, 0.25) is 0 Å². The second-order valence-electron chi connectivity index (χ2n) is 6.75. The van der Waals surface area contributed by atoms with Gasteiger partial charge in [-0.2, -0.15) is 0 Å². The number of aromatic nitrogens is 4. The molecular weight excluding hydrogens is 370 g/mol. The van der Waals surface area contributed by atoms with Crippen LogP contribution in [0.1, 0.15) is 23.7 Å². The molecule has 0 bridgehead atoms. The molecule has 3 aromatic rings. The molecule has 1 aliphatic heterocycles. The summed E-state index contributed by atoms with van der Waals surface area (Å²) in [6.45, 7) is 3.32. The highest BCUT2D eigenvalue weighted by Crippen LogP contribution is 2.19. The maximum Gasteiger partial charge on any atom is 0.256 e. The zero-order valence-corrected chi connectivity index (χ0v) is 16.1. The minimum atomic E-state index is -0.241. The monoisotopic (exact) mass is 391 g/mol. The second-order valence-corrected chi connectivity index (χ2v) is 6.75. The van der Waals surface area contributed by atoms with Crippen molar-refractivity contribution in [1.29, 1.82) is 0 Å². The molecule has 29 heavy (non-hydrogen) atoms. The number of nitrogens with zero attached hydrogens (tertiary/aromatic N) is 4. The lowest BCUT2D eigenvalue weighted by Gasteiger charge is -2.28. The molecular formula is C21H21N5O3. The number of rotatable bonds is 5. The molecule has 3 heterocycles. The molecule has 0 saturated heterocycles. The number of hydrogen-bond acceptors (Lipinski definition) is 6. The third kappa shape index (κ3) is 4.16. The molecule has 4 rings (SSSR count). The maximum absolute atomic E-state index is 12.7. The number of hydrogen-bond donors (Lipinski definition) is 1. The first-order valence-electron chi connectivity index (χ1n) is 9.52. The predicted octanol–water partition coefficient (Wildman–Crippen LogP) is 1.75. The van der Waals surface area contributed by atoms with Crippen molar-refractivity contribution >= 4 is 5.91 Å². The smallest absolute Gasteiger partial charge is 0.256 e.